The van der Waals surface area contributed by atoms with Gasteiger partial charge in [0.2, 0.25) is 0 Å². The molecule has 0 aliphatic heterocycles. The molecular formula is C100H207F3. The Morgan fingerprint density at radius 2 is 0.388 bits per heavy atom. The van der Waals surface area contributed by atoms with Crippen LogP contribution >= 0.6 is 0 Å². The van der Waals surface area contributed by atoms with E-state index in [2.05, 4.69) is 166 Å². The zero-order chi connectivity index (χ0) is 73.4. The minimum atomic E-state index is -3.67. The summed E-state index contributed by atoms with van der Waals surface area (Å²) in [6.07, 6.45) is 79.4. The lowest BCUT2D eigenvalue weighted by Crippen LogP contribution is -2.38. The quantitative estimate of drug-likeness (QED) is 0.259. The standard InChI is InChI=1S/C14H28.C13H24.2C12H24.C11H20.C11H22.2C10H20.CHF3.6CH4/c1-14(2)12-10-8-6-4-3-5-7-9-11-13-14;1-12(2)8-10-13(11-9-12)6-4-3-5-7-13;1-10(2)7-11(3,4)9-12(5,6)8-10;1-5-12(6-2)9-7-11(3,4)8-10-12;1-11(2)7-9-5-3-4-6-10(9)8-11;1-11(2)9-7-5-3-4-6-8-10-11;1-9(2)5-7-10(3,4)8-6-9;1-10(2)8-6-4-3-5-7-9-10;2-1(3)4;;;;;;/h3-13H2,1-2H3;3-11H2,1-2H3;7-9H2,1-6H3;5-10H2,1-4H3;9-10H,3-8H2,1-2H3;3-10H2,1-2H3;5-8H2,1-4H3;3-9H2,1-2H3;1H;6*1H4. The Hall–Kier alpha value is -0.210. The van der Waals surface area contributed by atoms with Gasteiger partial charge in [0.1, 0.15) is 0 Å². The summed E-state index contributed by atoms with van der Waals surface area (Å²) in [5.41, 5.74) is 8.33. The number of fused-ring (bicyclic) bond motifs is 1. The largest absolute Gasteiger partial charge is 0.379 e. The zero-order valence-corrected chi connectivity index (χ0v) is 71.5. The third kappa shape index (κ3) is 53.4. The van der Waals surface area contributed by atoms with E-state index in [1.54, 1.807) is 12.8 Å². The number of rotatable bonds is 2. The Bertz CT molecular complexity index is 1820. The van der Waals surface area contributed by atoms with Gasteiger partial charge in [-0.1, -0.05) is 397 Å². The molecule has 0 aromatic carbocycles. The van der Waals surface area contributed by atoms with E-state index < -0.39 is 6.68 Å². The van der Waals surface area contributed by atoms with Crippen LogP contribution in [0.25, 0.3) is 0 Å². The van der Waals surface area contributed by atoms with E-state index in [1.807, 2.05) is 0 Å². The van der Waals surface area contributed by atoms with E-state index in [1.165, 1.54) is 334 Å². The molecule has 0 N–H and O–H groups in total. The molecule has 0 aromatic heterocycles. The summed E-state index contributed by atoms with van der Waals surface area (Å²) in [5.74, 6) is 2.22. The molecule has 0 nitrogen and oxygen atoms in total. The summed E-state index contributed by atoms with van der Waals surface area (Å²) in [4.78, 5) is 0. The number of alkyl halides is 3. The van der Waals surface area contributed by atoms with Crippen molar-refractivity contribution in [2.45, 2.75) is 564 Å². The Balaban J connectivity index is -0.000000350. The van der Waals surface area contributed by atoms with Crippen molar-refractivity contribution >= 4 is 0 Å². The monoisotopic (exact) mass is 1470 g/mol. The van der Waals surface area contributed by atoms with Gasteiger partial charge in [-0.2, -0.15) is 13.2 Å². The molecule has 628 valence electrons. The van der Waals surface area contributed by atoms with Gasteiger partial charge in [-0.25, -0.2) is 0 Å². The van der Waals surface area contributed by atoms with Gasteiger partial charge in [-0.3, -0.25) is 0 Å². The minimum absolute atomic E-state index is 0. The molecule has 0 radical (unpaired) electrons. The van der Waals surface area contributed by atoms with Crippen molar-refractivity contribution < 1.29 is 13.2 Å². The molecule has 10 aliphatic carbocycles. The second-order valence-electron chi connectivity index (χ2n) is 44.6. The van der Waals surface area contributed by atoms with E-state index in [-0.39, 0.29) is 44.6 Å². The van der Waals surface area contributed by atoms with Crippen LogP contribution in [0, 0.1) is 82.2 Å². The van der Waals surface area contributed by atoms with Crippen LogP contribution in [0.5, 0.6) is 0 Å². The smallest absolute Gasteiger partial charge is 0.174 e. The average Bonchev–Trinajstić information content (AvgIpc) is 1.44. The van der Waals surface area contributed by atoms with Gasteiger partial charge in [-0.05, 0) is 243 Å². The lowest BCUT2D eigenvalue weighted by atomic mass is 9.56. The Labute approximate surface area is 655 Å². The maximum atomic E-state index is 9.67. The van der Waals surface area contributed by atoms with Crippen molar-refractivity contribution in [1.82, 2.24) is 0 Å². The average molecular weight is 1470 g/mol. The Morgan fingerprint density at radius 1 is 0.214 bits per heavy atom. The van der Waals surface area contributed by atoms with Crippen LogP contribution < -0.4 is 0 Å². The molecule has 0 heterocycles. The zero-order valence-electron chi connectivity index (χ0n) is 71.5. The van der Waals surface area contributed by atoms with Crippen LogP contribution in [-0.4, -0.2) is 6.68 Å². The molecule has 10 fully saturated rings. The molecule has 2 unspecified atom stereocenters. The van der Waals surface area contributed by atoms with Crippen molar-refractivity contribution in [3.8, 4) is 0 Å². The predicted molar refractivity (Wildman–Crippen MR) is 472 cm³/mol. The summed E-state index contributed by atoms with van der Waals surface area (Å²) in [6, 6.07) is 0. The maximum Gasteiger partial charge on any atom is 0.379 e. The summed E-state index contributed by atoms with van der Waals surface area (Å²) >= 11 is 0. The first-order valence-electron chi connectivity index (χ1n) is 43.6. The topological polar surface area (TPSA) is 0 Å². The first-order valence-corrected chi connectivity index (χ1v) is 43.6. The van der Waals surface area contributed by atoms with Crippen molar-refractivity contribution in [2.75, 3.05) is 0 Å². The lowest BCUT2D eigenvalue weighted by molar-refractivity contribution is 0.00813. The first kappa shape index (κ1) is 111. The second kappa shape index (κ2) is 52.2. The lowest BCUT2D eigenvalue weighted by Gasteiger charge is -2.49. The van der Waals surface area contributed by atoms with Crippen LogP contribution in [0.3, 0.4) is 0 Å². The molecule has 0 bridgehead atoms. The maximum absolute atomic E-state index is 9.67. The van der Waals surface area contributed by atoms with Gasteiger partial charge < -0.3 is 0 Å². The van der Waals surface area contributed by atoms with Crippen molar-refractivity contribution in [3.63, 3.8) is 0 Å². The molecular weight excluding hydrogens is 1260 g/mol. The van der Waals surface area contributed by atoms with Gasteiger partial charge in [0.25, 0.3) is 0 Å². The third-order valence-electron chi connectivity index (χ3n) is 27.6. The van der Waals surface area contributed by atoms with E-state index in [4.69, 9.17) is 0 Å². The number of hydrogen-bond acceptors (Lipinski definition) is 0. The summed E-state index contributed by atoms with van der Waals surface area (Å²) < 4.78 is 29.0. The first-order chi connectivity index (χ1) is 44.7. The van der Waals surface area contributed by atoms with Crippen molar-refractivity contribution in [2.24, 2.45) is 82.2 Å². The fourth-order valence-corrected chi connectivity index (χ4v) is 21.1. The van der Waals surface area contributed by atoms with Crippen LogP contribution in [-0.2, 0) is 0 Å². The highest BCUT2D eigenvalue weighted by Gasteiger charge is 2.43. The van der Waals surface area contributed by atoms with Crippen LogP contribution in [0.4, 0.5) is 13.2 Å². The van der Waals surface area contributed by atoms with Crippen LogP contribution in [0.1, 0.15) is 557 Å². The molecule has 3 heteroatoms. The highest BCUT2D eigenvalue weighted by atomic mass is 19.4. The highest BCUT2D eigenvalue weighted by molar-refractivity contribution is 4.95. The normalized spacial score (nSPS) is 27.6. The molecule has 0 aromatic rings. The Morgan fingerprint density at radius 3 is 0.612 bits per heavy atom. The van der Waals surface area contributed by atoms with Gasteiger partial charge in [-0.15, -0.1) is 0 Å². The van der Waals surface area contributed by atoms with Crippen LogP contribution in [0.15, 0.2) is 0 Å². The third-order valence-corrected chi connectivity index (χ3v) is 27.6. The fraction of sp³-hybridized carbons (Fsp3) is 1.00. The summed E-state index contributed by atoms with van der Waals surface area (Å²) in [7, 11) is 0. The predicted octanol–water partition coefficient (Wildman–Crippen LogP) is 38.6. The highest BCUT2D eigenvalue weighted by Crippen LogP contribution is 2.56. The van der Waals surface area contributed by atoms with Gasteiger partial charge >= 0.3 is 6.68 Å². The molecule has 10 rings (SSSR count). The van der Waals surface area contributed by atoms with Crippen molar-refractivity contribution in [1.29, 1.82) is 0 Å². The number of halogens is 3. The Kier molecular flexibility index (Phi) is 56.4. The summed E-state index contributed by atoms with van der Waals surface area (Å²) in [5, 5.41) is 0. The molecule has 0 amide bonds. The van der Waals surface area contributed by atoms with E-state index in [0.717, 1.165) is 22.7 Å². The molecule has 1 spiro atoms. The molecule has 103 heavy (non-hydrogen) atoms. The molecule has 10 saturated carbocycles. The SMILES string of the molecule is C.C.C.C.C.C.CC1(C)CC(C)(C)CC(C)(C)C1.CC1(C)CC2CCCCC2C1.CC1(C)CCC(C)(C)CC1.CC1(C)CCC2(CCCCC2)CC1.CC1(C)CCCCCCC1.CC1(C)CCCCCCCC1.CC1(C)CCCCCCCCCCC1.CCC1(CC)CCC(C)(C)CC1.FC(F)F. The van der Waals surface area contributed by atoms with Gasteiger partial charge in [0, 0.05) is 0 Å². The van der Waals surface area contributed by atoms with Gasteiger partial charge in [0.15, 0.2) is 0 Å². The van der Waals surface area contributed by atoms with Crippen LogP contribution in [0.2, 0.25) is 0 Å². The fourth-order valence-electron chi connectivity index (χ4n) is 21.1. The van der Waals surface area contributed by atoms with Gasteiger partial charge in [0.05, 0.1) is 0 Å². The molecule has 2 atom stereocenters. The van der Waals surface area contributed by atoms with E-state index >= 15 is 0 Å². The summed E-state index contributed by atoms with van der Waals surface area (Å²) in [6.45, 7) is 54.3. The molecule has 0 saturated heterocycles. The minimum Gasteiger partial charge on any atom is -0.174 e. The van der Waals surface area contributed by atoms with E-state index in [9.17, 15) is 13.2 Å². The second-order valence-corrected chi connectivity index (χ2v) is 44.6. The van der Waals surface area contributed by atoms with E-state index in [0.29, 0.717) is 59.6 Å². The molecule has 10 aliphatic rings. The van der Waals surface area contributed by atoms with Crippen molar-refractivity contribution in [3.05, 3.63) is 0 Å². The number of hydrogen-bond donors (Lipinski definition) is 0.